The van der Waals surface area contributed by atoms with Crippen LogP contribution in [0, 0.1) is 5.92 Å². The molecule has 4 atom stereocenters. The van der Waals surface area contributed by atoms with Gasteiger partial charge in [-0.15, -0.1) is 0 Å². The van der Waals surface area contributed by atoms with Crippen molar-refractivity contribution >= 4 is 22.6 Å². The van der Waals surface area contributed by atoms with Gasteiger partial charge in [-0.05, 0) is 85.8 Å². The Morgan fingerprint density at radius 1 is 1.10 bits per heavy atom. The standard InChI is InChI=1S/C30H35F3N6O2/c31-30(32,33)22-5-6-26-24(13-22)29(37-18-36-26)35-15-28(40)38-27-17-39(23-2-1-10-41-11-8-23)16-21(27)12-20-4-3-19-7-9-34-14-25(19)20/h5-7,9,13-14,18,20-21,23,27H,1-4,8,10-12,15-17H2,(H,38,40)(H,35,36,37)/t20?,21-,23?,27?/m0/s1. The quantitative estimate of drug-likeness (QED) is 0.432. The third kappa shape index (κ3) is 6.30. The molecule has 1 amide bonds. The number of nitrogens with one attached hydrogen (secondary N) is 2. The zero-order valence-corrected chi connectivity index (χ0v) is 22.9. The van der Waals surface area contributed by atoms with Crippen LogP contribution in [0.3, 0.4) is 0 Å². The van der Waals surface area contributed by atoms with E-state index in [0.29, 0.717) is 17.5 Å². The van der Waals surface area contributed by atoms with Gasteiger partial charge in [0.2, 0.25) is 5.91 Å². The number of rotatable bonds is 7. The highest BCUT2D eigenvalue weighted by molar-refractivity contribution is 5.91. The summed E-state index contributed by atoms with van der Waals surface area (Å²) in [6.07, 6.45) is 6.90. The summed E-state index contributed by atoms with van der Waals surface area (Å²) in [4.78, 5) is 28.3. The minimum absolute atomic E-state index is 0.0202. The van der Waals surface area contributed by atoms with Crippen LogP contribution in [0.15, 0.2) is 43.0 Å². The summed E-state index contributed by atoms with van der Waals surface area (Å²) in [7, 11) is 0. The summed E-state index contributed by atoms with van der Waals surface area (Å²) >= 11 is 0. The van der Waals surface area contributed by atoms with Crippen molar-refractivity contribution < 1.29 is 22.7 Å². The van der Waals surface area contributed by atoms with Crippen LogP contribution in [0.25, 0.3) is 10.9 Å². The van der Waals surface area contributed by atoms with Crippen LogP contribution in [0.2, 0.25) is 0 Å². The summed E-state index contributed by atoms with van der Waals surface area (Å²) in [5, 5.41) is 6.43. The zero-order chi connectivity index (χ0) is 28.4. The van der Waals surface area contributed by atoms with E-state index < -0.39 is 11.7 Å². The molecule has 2 aromatic heterocycles. The fourth-order valence-electron chi connectivity index (χ4n) is 6.78. The molecule has 2 N–H and O–H groups in total. The molecule has 3 aliphatic rings. The average molecular weight is 569 g/mol. The minimum atomic E-state index is -4.48. The molecule has 218 valence electrons. The number of carbonyl (C=O) groups excluding carboxylic acids is 1. The second-order valence-electron chi connectivity index (χ2n) is 11.4. The summed E-state index contributed by atoms with van der Waals surface area (Å²) in [5.74, 6) is 0.704. The first kappa shape index (κ1) is 27.8. The van der Waals surface area contributed by atoms with E-state index in [1.54, 1.807) is 0 Å². The molecule has 3 unspecified atom stereocenters. The van der Waals surface area contributed by atoms with Crippen molar-refractivity contribution in [3.8, 4) is 0 Å². The van der Waals surface area contributed by atoms with E-state index >= 15 is 0 Å². The average Bonchev–Trinajstić information content (AvgIpc) is 3.44. The van der Waals surface area contributed by atoms with E-state index in [1.807, 2.05) is 12.4 Å². The molecule has 8 nitrogen and oxygen atoms in total. The molecular weight excluding hydrogens is 533 g/mol. The summed E-state index contributed by atoms with van der Waals surface area (Å²) in [6.45, 7) is 3.16. The largest absolute Gasteiger partial charge is 0.416 e. The van der Waals surface area contributed by atoms with Crippen LogP contribution >= 0.6 is 0 Å². The molecule has 1 aromatic carbocycles. The number of pyridine rings is 1. The molecule has 0 saturated carbocycles. The highest BCUT2D eigenvalue weighted by Crippen LogP contribution is 2.39. The molecule has 2 saturated heterocycles. The van der Waals surface area contributed by atoms with E-state index in [9.17, 15) is 18.0 Å². The number of aryl methyl sites for hydroxylation is 1. The molecular formula is C30H35F3N6O2. The number of alkyl halides is 3. The topological polar surface area (TPSA) is 92.3 Å². The van der Waals surface area contributed by atoms with E-state index in [4.69, 9.17) is 4.74 Å². The van der Waals surface area contributed by atoms with E-state index in [-0.39, 0.29) is 35.6 Å². The van der Waals surface area contributed by atoms with Crippen LogP contribution in [0.1, 0.15) is 54.7 Å². The van der Waals surface area contributed by atoms with Crippen molar-refractivity contribution in [1.82, 2.24) is 25.2 Å². The molecule has 2 fully saturated rings. The molecule has 0 radical (unpaired) electrons. The van der Waals surface area contributed by atoms with Crippen LogP contribution in [-0.2, 0) is 22.1 Å². The zero-order valence-electron chi connectivity index (χ0n) is 22.9. The fraction of sp³-hybridized carbons (Fsp3) is 0.533. The molecule has 0 spiro atoms. The second kappa shape index (κ2) is 11.9. The van der Waals surface area contributed by atoms with Crippen LogP contribution < -0.4 is 10.6 Å². The maximum absolute atomic E-state index is 13.3. The number of carbonyl (C=O) groups is 1. The van der Waals surface area contributed by atoms with Gasteiger partial charge in [0.25, 0.3) is 0 Å². The van der Waals surface area contributed by atoms with E-state index in [2.05, 4.69) is 36.6 Å². The van der Waals surface area contributed by atoms with E-state index in [1.165, 1.54) is 23.5 Å². The Labute approximate surface area is 237 Å². The molecule has 6 rings (SSSR count). The first-order valence-corrected chi connectivity index (χ1v) is 14.4. The van der Waals surface area contributed by atoms with Crippen LogP contribution in [0.5, 0.6) is 0 Å². The Kier molecular flexibility index (Phi) is 8.07. The maximum atomic E-state index is 13.3. The summed E-state index contributed by atoms with van der Waals surface area (Å²) < 4.78 is 45.6. The smallest absolute Gasteiger partial charge is 0.381 e. The summed E-state index contributed by atoms with van der Waals surface area (Å²) in [6, 6.07) is 5.86. The Hall–Kier alpha value is -3.31. The van der Waals surface area contributed by atoms with Crippen molar-refractivity contribution in [2.45, 2.75) is 62.7 Å². The fourth-order valence-corrected chi connectivity index (χ4v) is 6.78. The van der Waals surface area contributed by atoms with Crippen molar-refractivity contribution in [2.75, 3.05) is 38.2 Å². The number of aromatic nitrogens is 3. The van der Waals surface area contributed by atoms with Crippen molar-refractivity contribution in [2.24, 2.45) is 5.92 Å². The van der Waals surface area contributed by atoms with Gasteiger partial charge in [0.05, 0.1) is 17.6 Å². The van der Waals surface area contributed by atoms with Gasteiger partial charge in [-0.25, -0.2) is 9.97 Å². The minimum Gasteiger partial charge on any atom is -0.381 e. The Bertz CT molecular complexity index is 1380. The second-order valence-corrected chi connectivity index (χ2v) is 11.4. The molecule has 2 aliphatic heterocycles. The SMILES string of the molecule is O=C(CNc1ncnc2ccc(C(F)(F)F)cc12)NC1CN(C2CCCOCC2)C[C@@H]1CC1CCc2ccncc21. The number of likely N-dealkylation sites (tertiary alicyclic amines) is 1. The van der Waals surface area contributed by atoms with Crippen molar-refractivity contribution in [1.29, 1.82) is 0 Å². The molecule has 0 bridgehead atoms. The Morgan fingerprint density at radius 2 is 2.00 bits per heavy atom. The number of ether oxygens (including phenoxy) is 1. The Balaban J connectivity index is 1.15. The number of amides is 1. The third-order valence-corrected chi connectivity index (χ3v) is 8.87. The lowest BCUT2D eigenvalue weighted by atomic mass is 9.88. The number of hydrogen-bond acceptors (Lipinski definition) is 7. The molecule has 41 heavy (non-hydrogen) atoms. The number of anilines is 1. The number of hydrogen-bond donors (Lipinski definition) is 2. The number of fused-ring (bicyclic) bond motifs is 2. The highest BCUT2D eigenvalue weighted by Gasteiger charge is 2.39. The monoisotopic (exact) mass is 568 g/mol. The highest BCUT2D eigenvalue weighted by atomic mass is 19.4. The predicted octanol–water partition coefficient (Wildman–Crippen LogP) is 4.56. The first-order valence-electron chi connectivity index (χ1n) is 14.4. The molecule has 3 aromatic rings. The third-order valence-electron chi connectivity index (χ3n) is 8.87. The first-order chi connectivity index (χ1) is 19.8. The molecule has 4 heterocycles. The number of nitrogens with zero attached hydrogens (tertiary/aromatic N) is 4. The van der Waals surface area contributed by atoms with Gasteiger partial charge in [0, 0.05) is 56.2 Å². The van der Waals surface area contributed by atoms with Crippen LogP contribution in [-0.4, -0.2) is 70.7 Å². The lowest BCUT2D eigenvalue weighted by molar-refractivity contribution is -0.137. The number of benzene rings is 1. The number of halogens is 3. The van der Waals surface area contributed by atoms with Gasteiger partial charge in [-0.3, -0.25) is 14.7 Å². The lowest BCUT2D eigenvalue weighted by Crippen LogP contribution is -2.44. The van der Waals surface area contributed by atoms with Gasteiger partial charge in [0.1, 0.15) is 12.1 Å². The van der Waals surface area contributed by atoms with Gasteiger partial charge in [0.15, 0.2) is 0 Å². The summed E-state index contributed by atoms with van der Waals surface area (Å²) in [5.41, 5.74) is 2.29. The maximum Gasteiger partial charge on any atom is 0.416 e. The molecule has 1 aliphatic carbocycles. The van der Waals surface area contributed by atoms with Crippen molar-refractivity contribution in [3.05, 3.63) is 59.7 Å². The van der Waals surface area contributed by atoms with Gasteiger partial charge >= 0.3 is 6.18 Å². The van der Waals surface area contributed by atoms with E-state index in [0.717, 1.165) is 77.0 Å². The normalized spacial score (nSPS) is 25.1. The van der Waals surface area contributed by atoms with Gasteiger partial charge < -0.3 is 15.4 Å². The van der Waals surface area contributed by atoms with Crippen molar-refractivity contribution in [3.63, 3.8) is 0 Å². The molecule has 11 heteroatoms. The predicted molar refractivity (Wildman–Crippen MR) is 148 cm³/mol. The van der Waals surface area contributed by atoms with Crippen LogP contribution in [0.4, 0.5) is 19.0 Å². The lowest BCUT2D eigenvalue weighted by Gasteiger charge is -2.26. The van der Waals surface area contributed by atoms with Gasteiger partial charge in [-0.1, -0.05) is 0 Å². The Morgan fingerprint density at radius 3 is 2.88 bits per heavy atom. The van der Waals surface area contributed by atoms with Gasteiger partial charge in [-0.2, -0.15) is 13.2 Å².